The lowest BCUT2D eigenvalue weighted by molar-refractivity contribution is 0.432. The van der Waals surface area contributed by atoms with Crippen molar-refractivity contribution in [3.63, 3.8) is 0 Å². The minimum atomic E-state index is -0.614. The SMILES string of the molecule is Oc1ccc(NCc2ccc(Br)s2)cc1F. The number of rotatable bonds is 3. The molecule has 2 aromatic rings. The molecule has 84 valence electrons. The van der Waals surface area contributed by atoms with Crippen LogP contribution in [0, 0.1) is 5.82 Å². The van der Waals surface area contributed by atoms with Crippen molar-refractivity contribution >= 4 is 33.0 Å². The molecule has 1 aromatic carbocycles. The molecule has 0 saturated carbocycles. The molecule has 0 fully saturated rings. The van der Waals surface area contributed by atoms with E-state index in [0.717, 1.165) is 8.66 Å². The van der Waals surface area contributed by atoms with Gasteiger partial charge < -0.3 is 10.4 Å². The van der Waals surface area contributed by atoms with E-state index in [2.05, 4.69) is 21.2 Å². The Balaban J connectivity index is 2.02. The molecule has 5 heteroatoms. The smallest absolute Gasteiger partial charge is 0.166 e. The van der Waals surface area contributed by atoms with Crippen molar-refractivity contribution in [1.29, 1.82) is 0 Å². The highest BCUT2D eigenvalue weighted by atomic mass is 79.9. The van der Waals surface area contributed by atoms with Crippen LogP contribution in [0.2, 0.25) is 0 Å². The second-order valence-corrected chi connectivity index (χ2v) is 5.77. The van der Waals surface area contributed by atoms with Gasteiger partial charge in [-0.2, -0.15) is 0 Å². The zero-order valence-electron chi connectivity index (χ0n) is 8.21. The van der Waals surface area contributed by atoms with Crippen molar-refractivity contribution in [3.8, 4) is 5.75 Å². The monoisotopic (exact) mass is 301 g/mol. The molecule has 0 spiro atoms. The van der Waals surface area contributed by atoms with Gasteiger partial charge in [-0.05, 0) is 40.2 Å². The van der Waals surface area contributed by atoms with Crippen molar-refractivity contribution in [1.82, 2.24) is 0 Å². The lowest BCUT2D eigenvalue weighted by atomic mass is 10.3. The van der Waals surface area contributed by atoms with Gasteiger partial charge in [0.25, 0.3) is 0 Å². The van der Waals surface area contributed by atoms with Gasteiger partial charge in [-0.25, -0.2) is 4.39 Å². The van der Waals surface area contributed by atoms with Gasteiger partial charge in [0.2, 0.25) is 0 Å². The maximum absolute atomic E-state index is 13.0. The van der Waals surface area contributed by atoms with Crippen molar-refractivity contribution < 1.29 is 9.50 Å². The predicted molar refractivity (Wildman–Crippen MR) is 67.4 cm³/mol. The summed E-state index contributed by atoms with van der Waals surface area (Å²) < 4.78 is 14.1. The second-order valence-electron chi connectivity index (χ2n) is 3.23. The first-order chi connectivity index (χ1) is 7.65. The molecule has 1 aromatic heterocycles. The lowest BCUT2D eigenvalue weighted by Gasteiger charge is -2.05. The lowest BCUT2D eigenvalue weighted by Crippen LogP contribution is -1.97. The molecule has 2 rings (SSSR count). The van der Waals surface area contributed by atoms with Crippen LogP contribution in [0.15, 0.2) is 34.1 Å². The molecule has 2 nitrogen and oxygen atoms in total. The fourth-order valence-corrected chi connectivity index (χ4v) is 2.68. The van der Waals surface area contributed by atoms with Crippen LogP contribution >= 0.6 is 27.3 Å². The van der Waals surface area contributed by atoms with Crippen LogP contribution in [-0.2, 0) is 6.54 Å². The summed E-state index contributed by atoms with van der Waals surface area (Å²) in [6.45, 7) is 0.639. The molecule has 0 bridgehead atoms. The highest BCUT2D eigenvalue weighted by Crippen LogP contribution is 2.24. The first-order valence-corrected chi connectivity index (χ1v) is 6.23. The Morgan fingerprint density at radius 2 is 2.12 bits per heavy atom. The quantitative estimate of drug-likeness (QED) is 0.841. The first kappa shape index (κ1) is 11.4. The van der Waals surface area contributed by atoms with Gasteiger partial charge in [-0.1, -0.05) is 0 Å². The molecule has 16 heavy (non-hydrogen) atoms. The van der Waals surface area contributed by atoms with Crippen LogP contribution in [0.5, 0.6) is 5.75 Å². The molecule has 0 amide bonds. The molecule has 0 unspecified atom stereocenters. The number of thiophene rings is 1. The standard InChI is InChI=1S/C11H9BrFNOS/c12-11-4-2-8(16-11)6-14-7-1-3-10(15)9(13)5-7/h1-5,14-15H,6H2. The molecule has 0 aliphatic heterocycles. The summed E-state index contributed by atoms with van der Waals surface area (Å²) in [4.78, 5) is 1.15. The molecule has 0 aliphatic rings. The van der Waals surface area contributed by atoms with Gasteiger partial charge in [0.1, 0.15) is 0 Å². The topological polar surface area (TPSA) is 32.3 Å². The maximum Gasteiger partial charge on any atom is 0.166 e. The summed E-state index contributed by atoms with van der Waals surface area (Å²) in [7, 11) is 0. The van der Waals surface area contributed by atoms with Gasteiger partial charge in [-0.3, -0.25) is 0 Å². The van der Waals surface area contributed by atoms with E-state index < -0.39 is 5.82 Å². The number of phenolic OH excluding ortho intramolecular Hbond substituents is 1. The van der Waals surface area contributed by atoms with E-state index in [1.165, 1.54) is 12.1 Å². The molecule has 0 saturated heterocycles. The minimum absolute atomic E-state index is 0.329. The Bertz CT molecular complexity index is 500. The van der Waals surface area contributed by atoms with E-state index in [0.29, 0.717) is 12.2 Å². The third kappa shape index (κ3) is 2.74. The normalized spacial score (nSPS) is 10.4. The first-order valence-electron chi connectivity index (χ1n) is 4.62. The van der Waals surface area contributed by atoms with E-state index in [9.17, 15) is 4.39 Å². The third-order valence-corrected chi connectivity index (χ3v) is 3.67. The Morgan fingerprint density at radius 1 is 1.31 bits per heavy atom. The maximum atomic E-state index is 13.0. The highest BCUT2D eigenvalue weighted by molar-refractivity contribution is 9.11. The number of benzene rings is 1. The van der Waals surface area contributed by atoms with Gasteiger partial charge in [0.15, 0.2) is 11.6 Å². The fourth-order valence-electron chi connectivity index (χ4n) is 1.25. The van der Waals surface area contributed by atoms with Crippen molar-refractivity contribution in [2.45, 2.75) is 6.54 Å². The molecule has 1 heterocycles. The summed E-state index contributed by atoms with van der Waals surface area (Å²) in [5.74, 6) is -0.943. The zero-order valence-corrected chi connectivity index (χ0v) is 10.6. The molecule has 0 radical (unpaired) electrons. The van der Waals surface area contributed by atoms with Gasteiger partial charge in [0, 0.05) is 23.2 Å². The van der Waals surface area contributed by atoms with E-state index in [-0.39, 0.29) is 5.75 Å². The Labute approximate surface area is 105 Å². The van der Waals surface area contributed by atoms with E-state index in [1.807, 2.05) is 12.1 Å². The highest BCUT2D eigenvalue weighted by Gasteiger charge is 2.02. The molecule has 0 atom stereocenters. The zero-order chi connectivity index (χ0) is 11.5. The number of hydrogen-bond donors (Lipinski definition) is 2. The summed E-state index contributed by atoms with van der Waals surface area (Å²) in [5.41, 5.74) is 0.653. The summed E-state index contributed by atoms with van der Waals surface area (Å²) in [6, 6.07) is 8.22. The van der Waals surface area contributed by atoms with E-state index in [4.69, 9.17) is 5.11 Å². The number of nitrogens with one attached hydrogen (secondary N) is 1. The van der Waals surface area contributed by atoms with Gasteiger partial charge in [0.05, 0.1) is 3.79 Å². The van der Waals surface area contributed by atoms with Crippen LogP contribution in [0.25, 0.3) is 0 Å². The number of phenols is 1. The van der Waals surface area contributed by atoms with Crippen LogP contribution in [0.3, 0.4) is 0 Å². The van der Waals surface area contributed by atoms with Crippen LogP contribution in [-0.4, -0.2) is 5.11 Å². The summed E-state index contributed by atoms with van der Waals surface area (Å²) in [6.07, 6.45) is 0. The number of aromatic hydroxyl groups is 1. The molecular formula is C11H9BrFNOS. The van der Waals surface area contributed by atoms with Crippen LogP contribution in [0.1, 0.15) is 4.88 Å². The number of anilines is 1. The minimum Gasteiger partial charge on any atom is -0.505 e. The average Bonchev–Trinajstić information content (AvgIpc) is 2.66. The Hall–Kier alpha value is -1.07. The predicted octanol–water partition coefficient (Wildman–Crippen LogP) is 3.97. The largest absolute Gasteiger partial charge is 0.505 e. The Morgan fingerprint density at radius 3 is 2.75 bits per heavy atom. The van der Waals surface area contributed by atoms with E-state index in [1.54, 1.807) is 17.4 Å². The van der Waals surface area contributed by atoms with Gasteiger partial charge >= 0.3 is 0 Å². The second kappa shape index (κ2) is 4.84. The van der Waals surface area contributed by atoms with Crippen molar-refractivity contribution in [3.05, 3.63) is 44.8 Å². The number of halogens is 2. The summed E-state index contributed by atoms with van der Waals surface area (Å²) in [5, 5.41) is 12.1. The fraction of sp³-hybridized carbons (Fsp3) is 0.0909. The van der Waals surface area contributed by atoms with Crippen LogP contribution < -0.4 is 5.32 Å². The molecule has 2 N–H and O–H groups in total. The number of hydrogen-bond acceptors (Lipinski definition) is 3. The van der Waals surface area contributed by atoms with Crippen LogP contribution in [0.4, 0.5) is 10.1 Å². The van der Waals surface area contributed by atoms with E-state index >= 15 is 0 Å². The average molecular weight is 302 g/mol. The van der Waals surface area contributed by atoms with Crippen molar-refractivity contribution in [2.75, 3.05) is 5.32 Å². The van der Waals surface area contributed by atoms with Gasteiger partial charge in [-0.15, -0.1) is 11.3 Å². The summed E-state index contributed by atoms with van der Waals surface area (Å²) >= 11 is 5.00. The third-order valence-electron chi connectivity index (χ3n) is 2.04. The molecular weight excluding hydrogens is 293 g/mol. The molecule has 0 aliphatic carbocycles. The van der Waals surface area contributed by atoms with Crippen molar-refractivity contribution in [2.24, 2.45) is 0 Å². The Kier molecular flexibility index (Phi) is 3.46.